The van der Waals surface area contributed by atoms with Crippen molar-refractivity contribution in [3.8, 4) is 0 Å². The second-order valence-corrected chi connectivity index (χ2v) is 10.1. The lowest BCUT2D eigenvalue weighted by Crippen LogP contribution is -2.59. The van der Waals surface area contributed by atoms with Gasteiger partial charge in [0.05, 0.1) is 32.1 Å². The van der Waals surface area contributed by atoms with E-state index in [9.17, 15) is 29.7 Å². The molecule has 3 atom stereocenters. The molecule has 0 heterocycles. The molecule has 0 aliphatic rings. The van der Waals surface area contributed by atoms with Gasteiger partial charge in [-0.3, -0.25) is 9.59 Å². The van der Waals surface area contributed by atoms with Gasteiger partial charge in [0.1, 0.15) is 11.8 Å². The van der Waals surface area contributed by atoms with Crippen LogP contribution in [0.5, 0.6) is 0 Å². The van der Waals surface area contributed by atoms with Crippen LogP contribution >= 0.6 is 0 Å². The summed E-state index contributed by atoms with van der Waals surface area (Å²) in [5.41, 5.74) is 0. The van der Waals surface area contributed by atoms with Crippen molar-refractivity contribution in [2.45, 2.75) is 105 Å². The molecule has 3 unspecified atom stereocenters. The van der Waals surface area contributed by atoms with Crippen LogP contribution in [0.15, 0.2) is 12.2 Å². The molecule has 0 aromatic rings. The van der Waals surface area contributed by atoms with E-state index in [2.05, 4.69) is 19.1 Å². The van der Waals surface area contributed by atoms with Crippen molar-refractivity contribution in [1.29, 1.82) is 0 Å². The summed E-state index contributed by atoms with van der Waals surface area (Å²) in [7, 11) is 0. The molecule has 0 saturated heterocycles. The number of hydrogen-bond donors (Lipinski definition) is 2. The minimum absolute atomic E-state index is 0.213. The number of carbonyl (C=O) groups is 3. The Kier molecular flexibility index (Phi) is 18.3. The van der Waals surface area contributed by atoms with Crippen LogP contribution in [0.2, 0.25) is 0 Å². The van der Waals surface area contributed by atoms with E-state index in [4.69, 9.17) is 0 Å². The molecule has 0 aromatic heterocycles. The first-order valence-electron chi connectivity index (χ1n) is 13.8. The van der Waals surface area contributed by atoms with Crippen molar-refractivity contribution in [3.05, 3.63) is 12.2 Å². The van der Waals surface area contributed by atoms with E-state index in [-0.39, 0.29) is 24.1 Å². The van der Waals surface area contributed by atoms with Crippen LogP contribution in [0, 0.1) is 17.8 Å². The highest BCUT2D eigenvalue weighted by atomic mass is 16.4. The molecule has 7 heteroatoms. The minimum Gasteiger partial charge on any atom is -0.550 e. The summed E-state index contributed by atoms with van der Waals surface area (Å²) in [5.74, 6) is -4.97. The highest BCUT2D eigenvalue weighted by Gasteiger charge is 2.39. The number of rotatable bonds is 23. The highest BCUT2D eigenvalue weighted by molar-refractivity contribution is 5.70. The van der Waals surface area contributed by atoms with Crippen LogP contribution in [0.3, 0.4) is 0 Å². The molecule has 35 heavy (non-hydrogen) atoms. The summed E-state index contributed by atoms with van der Waals surface area (Å²) in [6.07, 6.45) is 15.5. The molecule has 0 aliphatic carbocycles. The van der Waals surface area contributed by atoms with Crippen molar-refractivity contribution in [2.75, 3.05) is 26.2 Å². The summed E-state index contributed by atoms with van der Waals surface area (Å²) >= 11 is 0. The number of allylic oxidation sites excluding steroid dienone is 2. The zero-order valence-corrected chi connectivity index (χ0v) is 22.7. The fourth-order valence-electron chi connectivity index (χ4n) is 4.85. The number of unbranched alkanes of at least 4 members (excludes halogenated alkanes) is 7. The molecular weight excluding hydrogens is 446 g/mol. The number of quaternary nitrogens is 1. The van der Waals surface area contributed by atoms with Gasteiger partial charge in [-0.2, -0.15) is 0 Å². The Morgan fingerprint density at radius 2 is 1.11 bits per heavy atom. The van der Waals surface area contributed by atoms with E-state index in [1.165, 1.54) is 19.3 Å². The lowest BCUT2D eigenvalue weighted by atomic mass is 9.95. The van der Waals surface area contributed by atoms with Gasteiger partial charge in [-0.15, -0.1) is 0 Å². The summed E-state index contributed by atoms with van der Waals surface area (Å²) in [4.78, 5) is 35.6. The van der Waals surface area contributed by atoms with E-state index >= 15 is 0 Å². The topological polar surface area (TPSA) is 115 Å². The Morgan fingerprint density at radius 1 is 0.686 bits per heavy atom. The van der Waals surface area contributed by atoms with E-state index in [1.54, 1.807) is 6.92 Å². The summed E-state index contributed by atoms with van der Waals surface area (Å²) in [6.45, 7) is 8.91. The van der Waals surface area contributed by atoms with Crippen molar-refractivity contribution >= 4 is 17.9 Å². The zero-order valence-electron chi connectivity index (χ0n) is 22.7. The van der Waals surface area contributed by atoms with Crippen molar-refractivity contribution < 1.29 is 34.2 Å². The average Bonchev–Trinajstić information content (AvgIpc) is 2.82. The van der Waals surface area contributed by atoms with E-state index in [0.717, 1.165) is 38.5 Å². The molecule has 0 bridgehead atoms. The summed E-state index contributed by atoms with van der Waals surface area (Å²) in [6, 6.07) is 0. The molecule has 0 aromatic carbocycles. The van der Waals surface area contributed by atoms with Gasteiger partial charge >= 0.3 is 11.9 Å². The van der Waals surface area contributed by atoms with Gasteiger partial charge in [-0.05, 0) is 51.4 Å². The van der Waals surface area contributed by atoms with E-state index < -0.39 is 35.7 Å². The van der Waals surface area contributed by atoms with Crippen molar-refractivity contribution in [3.63, 3.8) is 0 Å². The number of carbonyl (C=O) groups excluding carboxylic acids is 1. The second-order valence-electron chi connectivity index (χ2n) is 10.1. The average molecular weight is 498 g/mol. The monoisotopic (exact) mass is 497 g/mol. The third-order valence-electron chi connectivity index (χ3n) is 7.21. The van der Waals surface area contributed by atoms with Crippen LogP contribution in [0.4, 0.5) is 0 Å². The molecule has 0 aliphatic heterocycles. The lowest BCUT2D eigenvalue weighted by Gasteiger charge is -2.44. The maximum absolute atomic E-state index is 11.9. The van der Waals surface area contributed by atoms with Crippen molar-refractivity contribution in [1.82, 2.24) is 0 Å². The van der Waals surface area contributed by atoms with Gasteiger partial charge in [0.15, 0.2) is 0 Å². The first-order chi connectivity index (χ1) is 16.7. The molecule has 0 rings (SSSR count). The van der Waals surface area contributed by atoms with Crippen LogP contribution < -0.4 is 5.11 Å². The quantitative estimate of drug-likeness (QED) is 0.118. The Hall–Kier alpha value is -1.89. The molecular formula is C28H51NO6. The fraction of sp³-hybridized carbons (Fsp3) is 0.821. The fourth-order valence-corrected chi connectivity index (χ4v) is 4.85. The Bertz CT molecular complexity index is 573. The number of aliphatic carboxylic acids is 3. The van der Waals surface area contributed by atoms with Crippen LogP contribution in [-0.4, -0.2) is 58.8 Å². The number of nitrogens with zero attached hydrogens (tertiary/aromatic N) is 1. The third kappa shape index (κ3) is 14.3. The van der Waals surface area contributed by atoms with Gasteiger partial charge in [0.25, 0.3) is 0 Å². The molecule has 0 radical (unpaired) electrons. The largest absolute Gasteiger partial charge is 0.550 e. The maximum atomic E-state index is 11.9. The SMILES string of the molecule is CCC/C=C/CCCCCCCC[N+](CC(CC)C(=O)[O-])(CC(CC)C(=O)O)CC(CC)C(=O)O. The molecule has 0 amide bonds. The predicted octanol–water partition coefficient (Wildman–Crippen LogP) is 4.89. The third-order valence-corrected chi connectivity index (χ3v) is 7.21. The van der Waals surface area contributed by atoms with E-state index in [0.29, 0.717) is 25.8 Å². The van der Waals surface area contributed by atoms with Gasteiger partial charge in [-0.1, -0.05) is 65.5 Å². The number of carboxylic acids is 3. The molecule has 0 fully saturated rings. The lowest BCUT2D eigenvalue weighted by molar-refractivity contribution is -0.935. The predicted molar refractivity (Wildman–Crippen MR) is 138 cm³/mol. The molecule has 204 valence electrons. The zero-order chi connectivity index (χ0) is 26.7. The van der Waals surface area contributed by atoms with Gasteiger partial charge in [-0.25, -0.2) is 0 Å². The first-order valence-corrected chi connectivity index (χ1v) is 13.8. The Balaban J connectivity index is 5.35. The van der Waals surface area contributed by atoms with Crippen LogP contribution in [-0.2, 0) is 14.4 Å². The Labute approximate surface area is 213 Å². The summed E-state index contributed by atoms with van der Waals surface area (Å²) in [5, 5.41) is 31.3. The molecule has 7 nitrogen and oxygen atoms in total. The number of hydrogen-bond acceptors (Lipinski definition) is 4. The van der Waals surface area contributed by atoms with Gasteiger partial charge < -0.3 is 24.6 Å². The smallest absolute Gasteiger partial charge is 0.312 e. The molecule has 0 spiro atoms. The summed E-state index contributed by atoms with van der Waals surface area (Å²) < 4.78 is 0.213. The first kappa shape index (κ1) is 33.1. The normalized spacial score (nSPS) is 16.0. The minimum atomic E-state index is -1.14. The molecule has 2 N–H and O–H groups in total. The van der Waals surface area contributed by atoms with Crippen LogP contribution in [0.25, 0.3) is 0 Å². The van der Waals surface area contributed by atoms with Crippen LogP contribution in [0.1, 0.15) is 105 Å². The molecule has 0 saturated carbocycles. The van der Waals surface area contributed by atoms with Crippen molar-refractivity contribution in [2.24, 2.45) is 17.8 Å². The second kappa shape index (κ2) is 19.3. The maximum Gasteiger partial charge on any atom is 0.312 e. The standard InChI is InChI=1S/C28H51NO6/c1-5-9-10-11-12-13-14-15-16-17-18-19-29(20-23(6-2)26(30)31,21-24(7-3)27(32)33)22-25(8-4)28(34)35/h10-11,23-25H,5-9,12-22H2,1-4H3,(H2-,30,31,32,33,34,35)/b11-10+. The van der Waals surface area contributed by atoms with E-state index in [1.807, 2.05) is 13.8 Å². The highest BCUT2D eigenvalue weighted by Crippen LogP contribution is 2.25. The number of carboxylic acid groups (broad SMARTS) is 3. The van der Waals surface area contributed by atoms with Gasteiger partial charge in [0.2, 0.25) is 0 Å². The Morgan fingerprint density at radius 3 is 1.54 bits per heavy atom. The van der Waals surface area contributed by atoms with Gasteiger partial charge in [0, 0.05) is 5.92 Å².